The molecule has 84 valence electrons. The fourth-order valence-corrected chi connectivity index (χ4v) is 1.35. The predicted octanol–water partition coefficient (Wildman–Crippen LogP) is 2.31. The van der Waals surface area contributed by atoms with E-state index in [9.17, 15) is 8.78 Å². The van der Waals surface area contributed by atoms with E-state index >= 15 is 0 Å². The van der Waals surface area contributed by atoms with E-state index in [1.165, 1.54) is 12.1 Å². The third kappa shape index (κ3) is 2.36. The molecule has 0 unspecified atom stereocenters. The van der Waals surface area contributed by atoms with E-state index in [-0.39, 0.29) is 0 Å². The van der Waals surface area contributed by atoms with Crippen molar-refractivity contribution in [2.24, 2.45) is 7.05 Å². The van der Waals surface area contributed by atoms with Crippen LogP contribution in [0.5, 0.6) is 0 Å². The number of anilines is 1. The molecule has 0 saturated heterocycles. The molecule has 2 aromatic rings. The molecule has 0 atom stereocenters. The molecule has 0 aliphatic heterocycles. The van der Waals surface area contributed by atoms with Gasteiger partial charge in [0.2, 0.25) is 0 Å². The van der Waals surface area contributed by atoms with Crippen molar-refractivity contribution < 1.29 is 8.78 Å². The lowest BCUT2D eigenvalue weighted by molar-refractivity contribution is 0.507. The summed E-state index contributed by atoms with van der Waals surface area (Å²) in [6, 6.07) is 5.63. The molecule has 0 aliphatic rings. The number of hydrogen-bond donors (Lipinski definition) is 1. The van der Waals surface area contributed by atoms with Crippen LogP contribution in [0.15, 0.2) is 30.5 Å². The minimum atomic E-state index is -0.833. The van der Waals surface area contributed by atoms with Gasteiger partial charge in [0.05, 0.1) is 0 Å². The Labute approximate surface area is 91.7 Å². The van der Waals surface area contributed by atoms with Crippen molar-refractivity contribution in [3.8, 4) is 0 Å². The average molecular weight is 223 g/mol. The van der Waals surface area contributed by atoms with Crippen molar-refractivity contribution >= 4 is 5.82 Å². The molecule has 0 spiro atoms. The molecule has 0 saturated carbocycles. The van der Waals surface area contributed by atoms with Crippen LogP contribution in [0.25, 0.3) is 0 Å². The standard InChI is InChI=1S/C11H11F2N3/c1-16-5-4-11(15-16)14-7-8-2-3-9(12)10(13)6-8/h2-6H,7H2,1H3,(H,14,15). The van der Waals surface area contributed by atoms with Gasteiger partial charge in [0.25, 0.3) is 0 Å². The molecule has 0 fully saturated rings. The molecule has 0 amide bonds. The van der Waals surface area contributed by atoms with Gasteiger partial charge in [-0.3, -0.25) is 4.68 Å². The zero-order valence-corrected chi connectivity index (χ0v) is 8.74. The molecule has 1 aromatic heterocycles. The van der Waals surface area contributed by atoms with E-state index in [1.807, 2.05) is 7.05 Å². The van der Waals surface area contributed by atoms with Gasteiger partial charge in [-0.2, -0.15) is 5.10 Å². The predicted molar refractivity (Wildman–Crippen MR) is 56.9 cm³/mol. The van der Waals surface area contributed by atoms with Crippen molar-refractivity contribution in [1.29, 1.82) is 0 Å². The van der Waals surface area contributed by atoms with E-state index < -0.39 is 11.6 Å². The van der Waals surface area contributed by atoms with Crippen LogP contribution in [0.3, 0.4) is 0 Å². The Morgan fingerprint density at radius 2 is 2.06 bits per heavy atom. The van der Waals surface area contributed by atoms with Crippen LogP contribution in [0, 0.1) is 11.6 Å². The zero-order chi connectivity index (χ0) is 11.5. The van der Waals surface area contributed by atoms with E-state index in [1.54, 1.807) is 16.9 Å². The van der Waals surface area contributed by atoms with Gasteiger partial charge in [-0.05, 0) is 17.7 Å². The fourth-order valence-electron chi connectivity index (χ4n) is 1.35. The number of nitrogens with one attached hydrogen (secondary N) is 1. The van der Waals surface area contributed by atoms with E-state index in [4.69, 9.17) is 0 Å². The third-order valence-corrected chi connectivity index (χ3v) is 2.17. The highest BCUT2D eigenvalue weighted by molar-refractivity contribution is 5.33. The Bertz CT molecular complexity index is 494. The smallest absolute Gasteiger partial charge is 0.159 e. The second kappa shape index (κ2) is 4.30. The van der Waals surface area contributed by atoms with E-state index in [0.717, 1.165) is 6.07 Å². The first-order valence-electron chi connectivity index (χ1n) is 4.82. The number of aryl methyl sites for hydroxylation is 1. The van der Waals surface area contributed by atoms with Crippen molar-refractivity contribution in [2.45, 2.75) is 6.54 Å². The summed E-state index contributed by atoms with van der Waals surface area (Å²) < 4.78 is 27.2. The molecule has 16 heavy (non-hydrogen) atoms. The molecular weight excluding hydrogens is 212 g/mol. The van der Waals surface area contributed by atoms with Gasteiger partial charge in [-0.25, -0.2) is 8.78 Å². The van der Waals surface area contributed by atoms with Crippen molar-refractivity contribution in [1.82, 2.24) is 9.78 Å². The van der Waals surface area contributed by atoms with Crippen LogP contribution in [0.4, 0.5) is 14.6 Å². The lowest BCUT2D eigenvalue weighted by Gasteiger charge is -2.03. The van der Waals surface area contributed by atoms with E-state index in [2.05, 4.69) is 10.4 Å². The monoisotopic (exact) mass is 223 g/mol. The van der Waals surface area contributed by atoms with Crippen molar-refractivity contribution in [3.05, 3.63) is 47.7 Å². The van der Waals surface area contributed by atoms with Gasteiger partial charge in [0.15, 0.2) is 11.6 Å². The van der Waals surface area contributed by atoms with Crippen LogP contribution in [-0.2, 0) is 13.6 Å². The second-order valence-electron chi connectivity index (χ2n) is 3.48. The molecular formula is C11H11F2N3. The summed E-state index contributed by atoms with van der Waals surface area (Å²) in [6.45, 7) is 0.411. The molecule has 0 bridgehead atoms. The van der Waals surface area contributed by atoms with Crippen molar-refractivity contribution in [3.63, 3.8) is 0 Å². The van der Waals surface area contributed by atoms with Gasteiger partial charge in [0.1, 0.15) is 5.82 Å². The Morgan fingerprint density at radius 3 is 2.69 bits per heavy atom. The fraction of sp³-hybridized carbons (Fsp3) is 0.182. The minimum absolute atomic E-state index is 0.411. The Hall–Kier alpha value is -1.91. The molecule has 3 nitrogen and oxygen atoms in total. The summed E-state index contributed by atoms with van der Waals surface area (Å²) in [5, 5.41) is 7.11. The molecule has 0 radical (unpaired) electrons. The number of rotatable bonds is 3. The summed E-state index contributed by atoms with van der Waals surface area (Å²) in [5.74, 6) is -0.964. The van der Waals surface area contributed by atoms with Gasteiger partial charge in [0, 0.05) is 25.9 Å². The van der Waals surface area contributed by atoms with Gasteiger partial charge in [-0.1, -0.05) is 6.07 Å². The van der Waals surface area contributed by atoms with Crippen LogP contribution >= 0.6 is 0 Å². The van der Waals surface area contributed by atoms with Gasteiger partial charge in [-0.15, -0.1) is 0 Å². The normalized spacial score (nSPS) is 10.4. The summed E-state index contributed by atoms with van der Waals surface area (Å²) in [6.07, 6.45) is 1.80. The lowest BCUT2D eigenvalue weighted by atomic mass is 10.2. The molecule has 2 rings (SSSR count). The molecule has 1 heterocycles. The topological polar surface area (TPSA) is 29.9 Å². The SMILES string of the molecule is Cn1ccc(NCc2ccc(F)c(F)c2)n1. The zero-order valence-electron chi connectivity index (χ0n) is 8.74. The van der Waals surface area contributed by atoms with Gasteiger partial charge >= 0.3 is 0 Å². The highest BCUT2D eigenvalue weighted by Gasteiger charge is 2.02. The maximum Gasteiger partial charge on any atom is 0.159 e. The molecule has 1 N–H and O–H groups in total. The number of hydrogen-bond acceptors (Lipinski definition) is 2. The lowest BCUT2D eigenvalue weighted by Crippen LogP contribution is -2.01. The second-order valence-corrected chi connectivity index (χ2v) is 3.48. The van der Waals surface area contributed by atoms with Crippen LogP contribution < -0.4 is 5.32 Å². The minimum Gasteiger partial charge on any atom is -0.365 e. The maximum absolute atomic E-state index is 12.9. The Balaban J connectivity index is 2.02. The molecule has 5 heteroatoms. The number of nitrogens with zero attached hydrogens (tertiary/aromatic N) is 2. The van der Waals surface area contributed by atoms with E-state index in [0.29, 0.717) is 17.9 Å². The Morgan fingerprint density at radius 1 is 1.25 bits per heavy atom. The maximum atomic E-state index is 12.9. The summed E-state index contributed by atoms with van der Waals surface area (Å²) in [5.41, 5.74) is 0.671. The molecule has 1 aromatic carbocycles. The summed E-state index contributed by atoms with van der Waals surface area (Å²) in [7, 11) is 1.81. The number of benzene rings is 1. The summed E-state index contributed by atoms with van der Waals surface area (Å²) >= 11 is 0. The molecule has 0 aliphatic carbocycles. The van der Waals surface area contributed by atoms with Crippen molar-refractivity contribution in [2.75, 3.05) is 5.32 Å². The summed E-state index contributed by atoms with van der Waals surface area (Å²) in [4.78, 5) is 0. The quantitative estimate of drug-likeness (QED) is 0.865. The first kappa shape index (κ1) is 10.6. The first-order chi connectivity index (χ1) is 7.65. The average Bonchev–Trinajstić information content (AvgIpc) is 2.66. The third-order valence-electron chi connectivity index (χ3n) is 2.17. The highest BCUT2D eigenvalue weighted by atomic mass is 19.2. The first-order valence-corrected chi connectivity index (χ1v) is 4.82. The largest absolute Gasteiger partial charge is 0.365 e. The van der Waals surface area contributed by atoms with Crippen LogP contribution in [-0.4, -0.2) is 9.78 Å². The number of aromatic nitrogens is 2. The Kier molecular flexibility index (Phi) is 2.85. The highest BCUT2D eigenvalue weighted by Crippen LogP contribution is 2.10. The van der Waals surface area contributed by atoms with Gasteiger partial charge < -0.3 is 5.32 Å². The number of halogens is 2. The van der Waals surface area contributed by atoms with Crippen LogP contribution in [0.2, 0.25) is 0 Å². The van der Waals surface area contributed by atoms with Crippen LogP contribution in [0.1, 0.15) is 5.56 Å².